The van der Waals surface area contributed by atoms with Crippen LogP contribution < -0.4 is 5.32 Å². The summed E-state index contributed by atoms with van der Waals surface area (Å²) in [5, 5.41) is 1.98. The van der Waals surface area contributed by atoms with E-state index in [2.05, 4.69) is 12.2 Å². The minimum absolute atomic E-state index is 0.147. The van der Waals surface area contributed by atoms with E-state index in [1.165, 1.54) is 4.88 Å². The second-order valence-electron chi connectivity index (χ2n) is 2.63. The Morgan fingerprint density at radius 3 is 2.85 bits per heavy atom. The van der Waals surface area contributed by atoms with Crippen molar-refractivity contribution in [2.45, 2.75) is 18.7 Å². The lowest BCUT2D eigenvalue weighted by molar-refractivity contribution is -0.120. The van der Waals surface area contributed by atoms with E-state index in [4.69, 9.17) is 11.6 Å². The van der Waals surface area contributed by atoms with Gasteiger partial charge in [-0.3, -0.25) is 4.79 Å². The Bertz CT molecular complexity index is 298. The number of nitrogens with one attached hydrogen (secondary N) is 1. The Morgan fingerprint density at radius 2 is 2.38 bits per heavy atom. The third kappa shape index (κ3) is 2.45. The van der Waals surface area contributed by atoms with Gasteiger partial charge in [-0.2, -0.15) is 0 Å². The molecule has 0 aliphatic carbocycles. The number of carbonyl (C=O) groups excluding carboxylic acids is 1. The van der Waals surface area contributed by atoms with Crippen LogP contribution in [0.2, 0.25) is 0 Å². The number of hydrogen-bond donors (Lipinski definition) is 1. The molecule has 72 valence electrons. The number of rotatable bonds is 3. The van der Waals surface area contributed by atoms with Gasteiger partial charge in [-0.1, -0.05) is 6.92 Å². The molecule has 1 heterocycles. The summed E-state index contributed by atoms with van der Waals surface area (Å²) in [5.41, 5.74) is 0. The molecule has 1 atom stereocenters. The highest BCUT2D eigenvalue weighted by atomic mass is 35.5. The van der Waals surface area contributed by atoms with Crippen molar-refractivity contribution in [2.24, 2.45) is 0 Å². The SMILES string of the molecule is CCc1ccc(C(Cl)C(=O)NC)s1. The van der Waals surface area contributed by atoms with Gasteiger partial charge in [-0.25, -0.2) is 0 Å². The van der Waals surface area contributed by atoms with E-state index in [0.717, 1.165) is 11.3 Å². The maximum Gasteiger partial charge on any atom is 0.243 e. The molecule has 0 fully saturated rings. The van der Waals surface area contributed by atoms with Crippen molar-refractivity contribution in [3.05, 3.63) is 21.9 Å². The fourth-order valence-electron chi connectivity index (χ4n) is 0.977. The van der Waals surface area contributed by atoms with Crippen LogP contribution in [0.25, 0.3) is 0 Å². The summed E-state index contributed by atoms with van der Waals surface area (Å²) in [7, 11) is 1.59. The topological polar surface area (TPSA) is 29.1 Å². The van der Waals surface area contributed by atoms with Crippen LogP contribution in [-0.2, 0) is 11.2 Å². The average Bonchev–Trinajstić information content (AvgIpc) is 2.63. The lowest BCUT2D eigenvalue weighted by atomic mass is 10.3. The molecule has 4 heteroatoms. The number of likely N-dealkylation sites (N-methyl/N-ethyl adjacent to an activating group) is 1. The number of aryl methyl sites for hydroxylation is 1. The fraction of sp³-hybridized carbons (Fsp3) is 0.444. The first-order chi connectivity index (χ1) is 6.19. The zero-order valence-corrected chi connectivity index (χ0v) is 9.21. The van der Waals surface area contributed by atoms with Crippen LogP contribution in [-0.4, -0.2) is 13.0 Å². The molecule has 2 nitrogen and oxygen atoms in total. The Hall–Kier alpha value is -0.540. The molecular weight excluding hydrogens is 206 g/mol. The number of thiophene rings is 1. The predicted molar refractivity (Wildman–Crippen MR) is 56.4 cm³/mol. The maximum atomic E-state index is 11.2. The number of hydrogen-bond acceptors (Lipinski definition) is 2. The van der Waals surface area contributed by atoms with Gasteiger partial charge in [0.25, 0.3) is 0 Å². The normalized spacial score (nSPS) is 12.5. The van der Waals surface area contributed by atoms with Gasteiger partial charge in [0.05, 0.1) is 0 Å². The van der Waals surface area contributed by atoms with E-state index >= 15 is 0 Å². The van der Waals surface area contributed by atoms with Crippen LogP contribution in [0.15, 0.2) is 12.1 Å². The van der Waals surface area contributed by atoms with Crippen molar-refractivity contribution in [1.29, 1.82) is 0 Å². The molecule has 0 saturated heterocycles. The Morgan fingerprint density at radius 1 is 1.69 bits per heavy atom. The summed E-state index contributed by atoms with van der Waals surface area (Å²) in [6, 6.07) is 3.93. The molecule has 1 aromatic heterocycles. The Balaban J connectivity index is 2.76. The first kappa shape index (κ1) is 10.5. The Labute approximate surface area is 86.9 Å². The van der Waals surface area contributed by atoms with Gasteiger partial charge >= 0.3 is 0 Å². The van der Waals surface area contributed by atoms with Crippen LogP contribution in [0.5, 0.6) is 0 Å². The monoisotopic (exact) mass is 217 g/mol. The van der Waals surface area contributed by atoms with Crippen LogP contribution in [0, 0.1) is 0 Å². The van der Waals surface area contributed by atoms with Gasteiger partial charge in [0, 0.05) is 16.8 Å². The van der Waals surface area contributed by atoms with Gasteiger partial charge in [0.1, 0.15) is 5.38 Å². The highest BCUT2D eigenvalue weighted by Gasteiger charge is 2.17. The smallest absolute Gasteiger partial charge is 0.243 e. The molecule has 0 aliphatic heterocycles. The number of alkyl halides is 1. The van der Waals surface area contributed by atoms with Crippen molar-refractivity contribution >= 4 is 28.8 Å². The van der Waals surface area contributed by atoms with E-state index in [-0.39, 0.29) is 5.91 Å². The molecular formula is C9H12ClNOS. The fourth-order valence-corrected chi connectivity index (χ4v) is 2.22. The third-order valence-electron chi connectivity index (χ3n) is 1.76. The standard InChI is InChI=1S/C9H12ClNOS/c1-3-6-4-5-7(13-6)8(10)9(12)11-2/h4-5,8H,3H2,1-2H3,(H,11,12). The van der Waals surface area contributed by atoms with Crippen molar-refractivity contribution in [1.82, 2.24) is 5.32 Å². The van der Waals surface area contributed by atoms with Crippen molar-refractivity contribution in [2.75, 3.05) is 7.05 Å². The molecule has 1 N–H and O–H groups in total. The van der Waals surface area contributed by atoms with Gasteiger partial charge in [0.15, 0.2) is 0 Å². The lowest BCUT2D eigenvalue weighted by Crippen LogP contribution is -2.21. The summed E-state index contributed by atoms with van der Waals surface area (Å²) in [6.07, 6.45) is 0.988. The molecule has 1 amide bonds. The average molecular weight is 218 g/mol. The molecule has 0 aliphatic rings. The molecule has 1 rings (SSSR count). The van der Waals surface area contributed by atoms with E-state index in [9.17, 15) is 4.79 Å². The van der Waals surface area contributed by atoms with E-state index < -0.39 is 5.38 Å². The number of halogens is 1. The molecule has 0 saturated carbocycles. The van der Waals surface area contributed by atoms with Crippen LogP contribution in [0.3, 0.4) is 0 Å². The summed E-state index contributed by atoms with van der Waals surface area (Å²) < 4.78 is 0. The zero-order valence-electron chi connectivity index (χ0n) is 7.63. The predicted octanol–water partition coefficient (Wildman–Crippen LogP) is 2.34. The summed E-state index contributed by atoms with van der Waals surface area (Å²) in [6.45, 7) is 2.08. The maximum absolute atomic E-state index is 11.2. The van der Waals surface area contributed by atoms with Gasteiger partial charge in [-0.15, -0.1) is 22.9 Å². The van der Waals surface area contributed by atoms with Crippen molar-refractivity contribution in [3.8, 4) is 0 Å². The molecule has 0 spiro atoms. The summed E-state index contributed by atoms with van der Waals surface area (Å²) >= 11 is 7.52. The zero-order chi connectivity index (χ0) is 9.84. The van der Waals surface area contributed by atoms with Gasteiger partial charge < -0.3 is 5.32 Å². The van der Waals surface area contributed by atoms with E-state index in [0.29, 0.717) is 0 Å². The van der Waals surface area contributed by atoms with Crippen molar-refractivity contribution < 1.29 is 4.79 Å². The first-order valence-corrected chi connectivity index (χ1v) is 5.38. The largest absolute Gasteiger partial charge is 0.358 e. The molecule has 13 heavy (non-hydrogen) atoms. The molecule has 0 aromatic carbocycles. The quantitative estimate of drug-likeness (QED) is 0.774. The molecule has 0 bridgehead atoms. The van der Waals surface area contributed by atoms with Crippen molar-refractivity contribution in [3.63, 3.8) is 0 Å². The van der Waals surface area contributed by atoms with Crippen LogP contribution in [0.4, 0.5) is 0 Å². The summed E-state index contributed by atoms with van der Waals surface area (Å²) in [4.78, 5) is 13.3. The summed E-state index contributed by atoms with van der Waals surface area (Å²) in [5.74, 6) is -0.147. The van der Waals surface area contributed by atoms with E-state index in [1.54, 1.807) is 18.4 Å². The highest BCUT2D eigenvalue weighted by Crippen LogP contribution is 2.28. The minimum Gasteiger partial charge on any atom is -0.358 e. The Kier molecular flexibility index (Phi) is 3.75. The second-order valence-corrected chi connectivity index (χ2v) is 4.27. The number of amides is 1. The third-order valence-corrected chi connectivity index (χ3v) is 3.61. The van der Waals surface area contributed by atoms with Crippen LogP contribution in [0.1, 0.15) is 22.1 Å². The van der Waals surface area contributed by atoms with E-state index in [1.807, 2.05) is 12.1 Å². The van der Waals surface area contributed by atoms with Gasteiger partial charge in [0.2, 0.25) is 5.91 Å². The lowest BCUT2D eigenvalue weighted by Gasteiger charge is -2.03. The minimum atomic E-state index is -0.546. The highest BCUT2D eigenvalue weighted by molar-refractivity contribution is 7.12. The van der Waals surface area contributed by atoms with Crippen LogP contribution >= 0.6 is 22.9 Å². The molecule has 1 aromatic rings. The van der Waals surface area contributed by atoms with Gasteiger partial charge in [-0.05, 0) is 18.6 Å². The number of carbonyl (C=O) groups is 1. The molecule has 1 unspecified atom stereocenters. The first-order valence-electron chi connectivity index (χ1n) is 4.13. The second kappa shape index (κ2) is 4.63. The molecule has 0 radical (unpaired) electrons.